The molecule has 0 saturated heterocycles. The van der Waals surface area contributed by atoms with Crippen molar-refractivity contribution in [3.05, 3.63) is 68.3 Å². The summed E-state index contributed by atoms with van der Waals surface area (Å²) in [5.41, 5.74) is 2.33. The fourth-order valence-electron chi connectivity index (χ4n) is 2.99. The minimum absolute atomic E-state index is 0.0857. The van der Waals surface area contributed by atoms with Gasteiger partial charge >= 0.3 is 0 Å². The number of rotatable bonds is 6. The van der Waals surface area contributed by atoms with Crippen molar-refractivity contribution in [2.75, 3.05) is 0 Å². The molecule has 3 aromatic rings. The second-order valence-corrected chi connectivity index (χ2v) is 7.66. The molecule has 1 unspecified atom stereocenters. The van der Waals surface area contributed by atoms with Gasteiger partial charge in [-0.1, -0.05) is 26.0 Å². The maximum atomic E-state index is 12.6. The monoisotopic (exact) mass is 368 g/mol. The summed E-state index contributed by atoms with van der Waals surface area (Å²) in [6.07, 6.45) is 1.78. The van der Waals surface area contributed by atoms with Gasteiger partial charge in [-0.3, -0.25) is 9.36 Å². The molecule has 26 heavy (non-hydrogen) atoms. The third kappa shape index (κ3) is 3.88. The average molecular weight is 369 g/mol. The molecule has 0 aliphatic heterocycles. The molecule has 0 saturated carbocycles. The molecule has 0 radical (unpaired) electrons. The molecule has 1 N–H and O–H groups in total. The highest BCUT2D eigenvalue weighted by Gasteiger charge is 2.16. The SMILES string of the molecule is CCC(C)c1ccc(O)c(-c2nc(C)cc(=O)n2CCc2cccs2)c1. The Hall–Kier alpha value is -2.40. The minimum Gasteiger partial charge on any atom is -0.507 e. The molecule has 136 valence electrons. The first-order chi connectivity index (χ1) is 12.5. The van der Waals surface area contributed by atoms with Crippen molar-refractivity contribution in [1.82, 2.24) is 9.55 Å². The number of nitrogens with zero attached hydrogens (tertiary/aromatic N) is 2. The number of phenols is 1. The lowest BCUT2D eigenvalue weighted by Crippen LogP contribution is -2.24. The highest BCUT2D eigenvalue weighted by Crippen LogP contribution is 2.32. The number of benzene rings is 1. The predicted octanol–water partition coefficient (Wildman–Crippen LogP) is 4.74. The summed E-state index contributed by atoms with van der Waals surface area (Å²) >= 11 is 1.68. The van der Waals surface area contributed by atoms with Crippen LogP contribution < -0.4 is 5.56 Å². The van der Waals surface area contributed by atoms with E-state index >= 15 is 0 Å². The van der Waals surface area contributed by atoms with Gasteiger partial charge in [0, 0.05) is 23.2 Å². The van der Waals surface area contributed by atoms with Crippen LogP contribution in [0.4, 0.5) is 0 Å². The number of aromatic nitrogens is 2. The number of aromatic hydroxyl groups is 1. The molecule has 0 fully saturated rings. The average Bonchev–Trinajstić information content (AvgIpc) is 3.13. The summed E-state index contributed by atoms with van der Waals surface area (Å²) in [6, 6.07) is 11.2. The van der Waals surface area contributed by atoms with Gasteiger partial charge in [0.25, 0.3) is 5.56 Å². The van der Waals surface area contributed by atoms with Gasteiger partial charge in [-0.2, -0.15) is 0 Å². The lowest BCUT2D eigenvalue weighted by atomic mass is 9.96. The summed E-state index contributed by atoms with van der Waals surface area (Å²) in [7, 11) is 0. The van der Waals surface area contributed by atoms with Crippen LogP contribution in [0.1, 0.15) is 42.3 Å². The fraction of sp³-hybridized carbons (Fsp3) is 0.333. The first kappa shape index (κ1) is 18.4. The summed E-state index contributed by atoms with van der Waals surface area (Å²) < 4.78 is 1.67. The number of phenolic OH excluding ortho intramolecular Hbond substituents is 1. The third-order valence-corrected chi connectivity index (χ3v) is 5.68. The second kappa shape index (κ2) is 7.87. The minimum atomic E-state index is -0.0857. The van der Waals surface area contributed by atoms with Gasteiger partial charge in [0.1, 0.15) is 11.6 Å². The van der Waals surface area contributed by atoms with Crippen molar-refractivity contribution in [3.63, 3.8) is 0 Å². The van der Waals surface area contributed by atoms with Crippen molar-refractivity contribution in [3.8, 4) is 17.1 Å². The van der Waals surface area contributed by atoms with Gasteiger partial charge in [0.05, 0.1) is 5.56 Å². The van der Waals surface area contributed by atoms with Crippen molar-refractivity contribution in [1.29, 1.82) is 0 Å². The van der Waals surface area contributed by atoms with Crippen molar-refractivity contribution < 1.29 is 5.11 Å². The number of thiophene rings is 1. The lowest BCUT2D eigenvalue weighted by molar-refractivity contribution is 0.475. The zero-order valence-corrected chi connectivity index (χ0v) is 16.2. The Balaban J connectivity index is 2.07. The standard InChI is InChI=1S/C21H24N2O2S/c1-4-14(2)16-7-8-19(24)18(13-16)21-22-15(3)12-20(25)23(21)10-9-17-6-5-11-26-17/h5-8,11-14,24H,4,9-10H2,1-3H3. The summed E-state index contributed by atoms with van der Waals surface area (Å²) in [6.45, 7) is 6.64. The molecule has 1 atom stereocenters. The highest BCUT2D eigenvalue weighted by atomic mass is 32.1. The molecule has 0 bridgehead atoms. The van der Waals surface area contributed by atoms with Gasteiger partial charge in [-0.15, -0.1) is 11.3 Å². The topological polar surface area (TPSA) is 55.1 Å². The van der Waals surface area contributed by atoms with Crippen LogP contribution in [0.2, 0.25) is 0 Å². The molecule has 2 heterocycles. The van der Waals surface area contributed by atoms with Gasteiger partial charge < -0.3 is 5.11 Å². The van der Waals surface area contributed by atoms with Crippen LogP contribution >= 0.6 is 11.3 Å². The highest BCUT2D eigenvalue weighted by molar-refractivity contribution is 7.09. The lowest BCUT2D eigenvalue weighted by Gasteiger charge is -2.16. The third-order valence-electron chi connectivity index (χ3n) is 4.74. The molecule has 0 spiro atoms. The Bertz CT molecular complexity index is 945. The smallest absolute Gasteiger partial charge is 0.253 e. The molecule has 5 heteroatoms. The van der Waals surface area contributed by atoms with E-state index in [-0.39, 0.29) is 11.3 Å². The van der Waals surface area contributed by atoms with E-state index in [2.05, 4.69) is 24.9 Å². The first-order valence-corrected chi connectivity index (χ1v) is 9.81. The Labute approximate surface area is 157 Å². The zero-order chi connectivity index (χ0) is 18.7. The Morgan fingerprint density at radius 2 is 2.08 bits per heavy atom. The van der Waals surface area contributed by atoms with E-state index in [0.29, 0.717) is 29.5 Å². The maximum absolute atomic E-state index is 12.6. The molecule has 1 aromatic carbocycles. The predicted molar refractivity (Wildman–Crippen MR) is 107 cm³/mol. The summed E-state index contributed by atoms with van der Waals surface area (Å²) in [5.74, 6) is 1.07. The van der Waals surface area contributed by atoms with Crippen LogP contribution in [0.5, 0.6) is 5.75 Å². The molecule has 4 nitrogen and oxygen atoms in total. The molecule has 2 aromatic heterocycles. The maximum Gasteiger partial charge on any atom is 0.253 e. The first-order valence-electron chi connectivity index (χ1n) is 8.93. The Morgan fingerprint density at radius 1 is 1.27 bits per heavy atom. The zero-order valence-electron chi connectivity index (χ0n) is 15.4. The van der Waals surface area contributed by atoms with Gasteiger partial charge in [-0.05, 0) is 54.8 Å². The second-order valence-electron chi connectivity index (χ2n) is 6.63. The fourth-order valence-corrected chi connectivity index (χ4v) is 3.69. The van der Waals surface area contributed by atoms with Crippen molar-refractivity contribution in [2.45, 2.75) is 46.1 Å². The van der Waals surface area contributed by atoms with Gasteiger partial charge in [0.2, 0.25) is 0 Å². The normalized spacial score (nSPS) is 12.3. The van der Waals surface area contributed by atoms with E-state index in [1.807, 2.05) is 30.5 Å². The van der Waals surface area contributed by atoms with Crippen LogP contribution in [-0.2, 0) is 13.0 Å². The Kier molecular flexibility index (Phi) is 5.57. The van der Waals surface area contributed by atoms with E-state index in [1.54, 1.807) is 28.0 Å². The molecule has 3 rings (SSSR count). The van der Waals surface area contributed by atoms with E-state index in [4.69, 9.17) is 0 Å². The molecule has 0 amide bonds. The summed E-state index contributed by atoms with van der Waals surface area (Å²) in [4.78, 5) is 18.4. The van der Waals surface area contributed by atoms with Gasteiger partial charge in [-0.25, -0.2) is 4.98 Å². The molecule has 0 aliphatic rings. The van der Waals surface area contributed by atoms with Crippen LogP contribution in [0.3, 0.4) is 0 Å². The number of hydrogen-bond donors (Lipinski definition) is 1. The van der Waals surface area contributed by atoms with E-state index in [0.717, 1.165) is 18.4 Å². The number of hydrogen-bond acceptors (Lipinski definition) is 4. The van der Waals surface area contributed by atoms with Crippen LogP contribution in [-0.4, -0.2) is 14.7 Å². The number of aryl methyl sites for hydroxylation is 2. The van der Waals surface area contributed by atoms with Crippen LogP contribution in [0, 0.1) is 6.92 Å². The molecular formula is C21H24N2O2S. The van der Waals surface area contributed by atoms with Crippen LogP contribution in [0.15, 0.2) is 46.6 Å². The molecule has 0 aliphatic carbocycles. The molecular weight excluding hydrogens is 344 g/mol. The van der Waals surface area contributed by atoms with Gasteiger partial charge in [0.15, 0.2) is 0 Å². The quantitative estimate of drug-likeness (QED) is 0.683. The van der Waals surface area contributed by atoms with E-state index in [9.17, 15) is 9.90 Å². The van der Waals surface area contributed by atoms with E-state index < -0.39 is 0 Å². The van der Waals surface area contributed by atoms with Crippen LogP contribution in [0.25, 0.3) is 11.4 Å². The Morgan fingerprint density at radius 3 is 2.77 bits per heavy atom. The van der Waals surface area contributed by atoms with Crippen molar-refractivity contribution >= 4 is 11.3 Å². The van der Waals surface area contributed by atoms with Crippen molar-refractivity contribution in [2.24, 2.45) is 0 Å². The largest absolute Gasteiger partial charge is 0.507 e. The van der Waals surface area contributed by atoms with E-state index in [1.165, 1.54) is 4.88 Å². The summed E-state index contributed by atoms with van der Waals surface area (Å²) in [5, 5.41) is 12.5.